The van der Waals surface area contributed by atoms with Crippen molar-refractivity contribution in [1.29, 1.82) is 0 Å². The van der Waals surface area contributed by atoms with Crippen LogP contribution in [0, 0.1) is 10.1 Å². The van der Waals surface area contributed by atoms with Crippen LogP contribution in [0.15, 0.2) is 52.2 Å². The van der Waals surface area contributed by atoms with Gasteiger partial charge in [0.15, 0.2) is 9.84 Å². The highest BCUT2D eigenvalue weighted by Gasteiger charge is 2.22. The molecule has 0 amide bonds. The number of benzene rings is 2. The number of hydrogen-bond donors (Lipinski definition) is 1. The van der Waals surface area contributed by atoms with E-state index in [1.165, 1.54) is 24.3 Å². The van der Waals surface area contributed by atoms with Gasteiger partial charge in [0.1, 0.15) is 9.92 Å². The quantitative estimate of drug-likeness (QED) is 0.518. The standard InChI is InChI=1S/C16H10Cl2N2O5S/c17-11-3-2-10-6-15(16(21)19-13(10)7-11)26(24,25)8-9-1-4-12(18)14(5-9)20(22)23/h1-7H,8H2,(H,19,21). The maximum Gasteiger partial charge on any atom is 0.288 e. The predicted octanol–water partition coefficient (Wildman–Crippen LogP) is 3.72. The Morgan fingerprint density at radius 1 is 1.08 bits per heavy atom. The van der Waals surface area contributed by atoms with Crippen LogP contribution in [0.4, 0.5) is 5.69 Å². The molecular formula is C16H10Cl2N2O5S. The zero-order valence-corrected chi connectivity index (χ0v) is 15.2. The minimum absolute atomic E-state index is 0.100. The smallest absolute Gasteiger partial charge is 0.288 e. The number of hydrogen-bond acceptors (Lipinski definition) is 5. The molecule has 0 saturated heterocycles. The number of pyridine rings is 1. The van der Waals surface area contributed by atoms with Crippen LogP contribution in [-0.2, 0) is 15.6 Å². The van der Waals surface area contributed by atoms with Gasteiger partial charge in [0, 0.05) is 16.6 Å². The number of rotatable bonds is 4. The van der Waals surface area contributed by atoms with E-state index in [9.17, 15) is 23.3 Å². The molecule has 26 heavy (non-hydrogen) atoms. The van der Waals surface area contributed by atoms with Crippen molar-refractivity contribution >= 4 is 49.6 Å². The predicted molar refractivity (Wildman–Crippen MR) is 98.6 cm³/mol. The van der Waals surface area contributed by atoms with Crippen LogP contribution in [0.5, 0.6) is 0 Å². The van der Waals surface area contributed by atoms with Crippen molar-refractivity contribution in [2.24, 2.45) is 0 Å². The Morgan fingerprint density at radius 2 is 1.81 bits per heavy atom. The van der Waals surface area contributed by atoms with Gasteiger partial charge in [0.05, 0.1) is 10.7 Å². The molecule has 0 spiro atoms. The first-order valence-corrected chi connectivity index (χ1v) is 9.56. The number of nitro benzene ring substituents is 1. The lowest BCUT2D eigenvalue weighted by atomic mass is 10.2. The number of nitro groups is 1. The van der Waals surface area contributed by atoms with Gasteiger partial charge in [-0.3, -0.25) is 14.9 Å². The lowest BCUT2D eigenvalue weighted by molar-refractivity contribution is -0.384. The van der Waals surface area contributed by atoms with Gasteiger partial charge >= 0.3 is 0 Å². The summed E-state index contributed by atoms with van der Waals surface area (Å²) in [5.41, 5.74) is -0.634. The fourth-order valence-electron chi connectivity index (χ4n) is 2.47. The third kappa shape index (κ3) is 3.57. The molecule has 0 unspecified atom stereocenters. The minimum atomic E-state index is -4.04. The van der Waals surface area contributed by atoms with E-state index in [0.29, 0.717) is 15.9 Å². The maximum absolute atomic E-state index is 12.7. The molecule has 0 atom stereocenters. The van der Waals surface area contributed by atoms with Crippen LogP contribution in [-0.4, -0.2) is 18.3 Å². The Bertz CT molecular complexity index is 1200. The molecule has 1 aromatic heterocycles. The van der Waals surface area contributed by atoms with Gasteiger partial charge in [-0.1, -0.05) is 35.3 Å². The van der Waals surface area contributed by atoms with E-state index in [-0.39, 0.29) is 10.6 Å². The molecular weight excluding hydrogens is 403 g/mol. The number of H-pyrrole nitrogens is 1. The van der Waals surface area contributed by atoms with Crippen LogP contribution in [0.2, 0.25) is 10.0 Å². The lowest BCUT2D eigenvalue weighted by Crippen LogP contribution is -2.18. The van der Waals surface area contributed by atoms with Gasteiger partial charge in [-0.25, -0.2) is 8.42 Å². The highest BCUT2D eigenvalue weighted by atomic mass is 35.5. The van der Waals surface area contributed by atoms with Crippen molar-refractivity contribution in [2.75, 3.05) is 0 Å². The van der Waals surface area contributed by atoms with E-state index in [1.807, 2.05) is 0 Å². The zero-order valence-electron chi connectivity index (χ0n) is 12.9. The third-order valence-electron chi connectivity index (χ3n) is 3.67. The number of nitrogens with one attached hydrogen (secondary N) is 1. The molecule has 0 bridgehead atoms. The van der Waals surface area contributed by atoms with Crippen molar-refractivity contribution in [3.8, 4) is 0 Å². The highest BCUT2D eigenvalue weighted by molar-refractivity contribution is 7.90. The lowest BCUT2D eigenvalue weighted by Gasteiger charge is -2.06. The first-order chi connectivity index (χ1) is 12.2. The second kappa shape index (κ2) is 6.71. The van der Waals surface area contributed by atoms with Gasteiger partial charge in [-0.2, -0.15) is 0 Å². The molecule has 0 aliphatic carbocycles. The van der Waals surface area contributed by atoms with Crippen molar-refractivity contribution in [1.82, 2.24) is 4.98 Å². The van der Waals surface area contributed by atoms with Crippen LogP contribution in [0.3, 0.4) is 0 Å². The van der Waals surface area contributed by atoms with E-state index in [4.69, 9.17) is 23.2 Å². The van der Waals surface area contributed by atoms with Gasteiger partial charge in [0.25, 0.3) is 11.2 Å². The number of fused-ring (bicyclic) bond motifs is 1. The van der Waals surface area contributed by atoms with E-state index in [1.54, 1.807) is 12.1 Å². The molecule has 0 aliphatic heterocycles. The topological polar surface area (TPSA) is 110 Å². The van der Waals surface area contributed by atoms with Crippen molar-refractivity contribution in [2.45, 2.75) is 10.6 Å². The second-order valence-electron chi connectivity index (χ2n) is 5.50. The number of aromatic amines is 1. The molecule has 2 aromatic carbocycles. The molecule has 1 heterocycles. The summed E-state index contributed by atoms with van der Waals surface area (Å²) in [7, 11) is -4.04. The molecule has 0 aliphatic rings. The molecule has 0 saturated carbocycles. The summed E-state index contributed by atoms with van der Waals surface area (Å²) in [4.78, 5) is 24.5. The Kier molecular flexibility index (Phi) is 4.74. The number of sulfone groups is 1. The van der Waals surface area contributed by atoms with E-state index >= 15 is 0 Å². The highest BCUT2D eigenvalue weighted by Crippen LogP contribution is 2.27. The first-order valence-electron chi connectivity index (χ1n) is 7.15. The van der Waals surface area contributed by atoms with Crippen LogP contribution in [0.1, 0.15) is 5.56 Å². The van der Waals surface area contributed by atoms with Crippen molar-refractivity contribution in [3.63, 3.8) is 0 Å². The fraction of sp³-hybridized carbons (Fsp3) is 0.0625. The summed E-state index contributed by atoms with van der Waals surface area (Å²) in [5, 5.41) is 11.7. The Hall–Kier alpha value is -2.42. The summed E-state index contributed by atoms with van der Waals surface area (Å²) in [6.45, 7) is 0. The normalized spacial score (nSPS) is 11.6. The molecule has 1 N–H and O–H groups in total. The van der Waals surface area contributed by atoms with Gasteiger partial charge < -0.3 is 4.98 Å². The maximum atomic E-state index is 12.7. The molecule has 0 radical (unpaired) electrons. The molecule has 10 heteroatoms. The fourth-order valence-corrected chi connectivity index (χ4v) is 4.24. The van der Waals surface area contributed by atoms with Crippen LogP contribution < -0.4 is 5.56 Å². The minimum Gasteiger partial charge on any atom is -0.321 e. The summed E-state index contributed by atoms with van der Waals surface area (Å²) in [6.07, 6.45) is 0. The zero-order chi connectivity index (χ0) is 19.1. The third-order valence-corrected chi connectivity index (χ3v) is 5.91. The Labute approximate surface area is 157 Å². The second-order valence-corrected chi connectivity index (χ2v) is 8.30. The average Bonchev–Trinajstić information content (AvgIpc) is 2.55. The molecule has 134 valence electrons. The van der Waals surface area contributed by atoms with E-state index in [0.717, 1.165) is 6.07 Å². The molecule has 0 fully saturated rings. The van der Waals surface area contributed by atoms with Gasteiger partial charge in [0.2, 0.25) is 0 Å². The monoisotopic (exact) mass is 412 g/mol. The first kappa shape index (κ1) is 18.4. The average molecular weight is 413 g/mol. The van der Waals surface area contributed by atoms with E-state index < -0.39 is 36.7 Å². The summed E-state index contributed by atoms with van der Waals surface area (Å²) >= 11 is 11.6. The molecule has 3 rings (SSSR count). The van der Waals surface area contributed by atoms with Crippen LogP contribution in [0.25, 0.3) is 10.9 Å². The largest absolute Gasteiger partial charge is 0.321 e. The number of halogens is 2. The number of aromatic nitrogens is 1. The number of nitrogens with zero attached hydrogens (tertiary/aromatic N) is 1. The Morgan fingerprint density at radius 3 is 2.50 bits per heavy atom. The molecule has 3 aromatic rings. The molecule has 7 nitrogen and oxygen atoms in total. The van der Waals surface area contributed by atoms with Crippen LogP contribution >= 0.6 is 23.2 Å². The SMILES string of the molecule is O=c1[nH]c2cc(Cl)ccc2cc1S(=O)(=O)Cc1ccc(Cl)c([N+](=O)[O-])c1. The van der Waals surface area contributed by atoms with Gasteiger partial charge in [-0.05, 0) is 35.2 Å². The Balaban J connectivity index is 2.06. The van der Waals surface area contributed by atoms with Crippen molar-refractivity contribution < 1.29 is 13.3 Å². The summed E-state index contributed by atoms with van der Waals surface area (Å²) < 4.78 is 25.3. The van der Waals surface area contributed by atoms with Gasteiger partial charge in [-0.15, -0.1) is 0 Å². The summed E-state index contributed by atoms with van der Waals surface area (Å²) in [5.74, 6) is -0.576. The van der Waals surface area contributed by atoms with Crippen molar-refractivity contribution in [3.05, 3.63) is 78.5 Å². The van der Waals surface area contributed by atoms with E-state index in [2.05, 4.69) is 4.98 Å². The summed E-state index contributed by atoms with van der Waals surface area (Å²) in [6, 6.07) is 9.61.